The third kappa shape index (κ3) is 3.95. The Morgan fingerprint density at radius 2 is 1.12 bits per heavy atom. The van der Waals surface area contributed by atoms with Crippen molar-refractivity contribution in [2.45, 2.75) is 6.92 Å². The average molecular weight is 234 g/mol. The van der Waals surface area contributed by atoms with E-state index < -0.39 is 0 Å². The molecule has 0 saturated carbocycles. The van der Waals surface area contributed by atoms with Crippen molar-refractivity contribution in [1.29, 1.82) is 0 Å². The molecule has 17 heavy (non-hydrogen) atoms. The zero-order valence-electron chi connectivity index (χ0n) is 9.33. The highest BCUT2D eigenvalue weighted by molar-refractivity contribution is 5.39. The van der Waals surface area contributed by atoms with Crippen LogP contribution in [0.2, 0.25) is 0 Å². The molecule has 2 rings (SSSR count). The van der Waals surface area contributed by atoms with Crippen LogP contribution in [0.4, 0.5) is 0 Å². The lowest BCUT2D eigenvalue weighted by atomic mass is 10.2. The zero-order chi connectivity index (χ0) is 12.8. The van der Waals surface area contributed by atoms with Crippen molar-refractivity contribution in [3.8, 4) is 23.0 Å². The first-order chi connectivity index (χ1) is 8.00. The molecule has 0 heterocycles. The van der Waals surface area contributed by atoms with Crippen molar-refractivity contribution >= 4 is 0 Å². The van der Waals surface area contributed by atoms with Crippen LogP contribution in [0.25, 0.3) is 0 Å². The van der Waals surface area contributed by atoms with E-state index in [1.54, 1.807) is 18.2 Å². The maximum atomic E-state index is 8.85. The summed E-state index contributed by atoms with van der Waals surface area (Å²) in [4.78, 5) is 0. The van der Waals surface area contributed by atoms with Crippen LogP contribution in [0.1, 0.15) is 5.56 Å². The second kappa shape index (κ2) is 5.65. The van der Waals surface area contributed by atoms with E-state index in [2.05, 4.69) is 0 Å². The summed E-state index contributed by atoms with van der Waals surface area (Å²) in [6.07, 6.45) is 0. The molecule has 0 aromatic heterocycles. The Morgan fingerprint density at radius 1 is 0.647 bits per heavy atom. The Labute approximate surface area is 99.0 Å². The number of phenolic OH excluding ortho intramolecular Hbond substituents is 4. The number of aryl methyl sites for hydroxylation is 1. The first-order valence-electron chi connectivity index (χ1n) is 4.96. The van der Waals surface area contributed by atoms with E-state index in [4.69, 9.17) is 20.4 Å². The van der Waals surface area contributed by atoms with E-state index in [0.717, 1.165) is 5.56 Å². The number of hydrogen-bond donors (Lipinski definition) is 4. The Bertz CT molecular complexity index is 474. The monoisotopic (exact) mass is 234 g/mol. The van der Waals surface area contributed by atoms with Crippen LogP contribution in [0.3, 0.4) is 0 Å². The molecule has 90 valence electrons. The maximum Gasteiger partial charge on any atom is 0.157 e. The molecule has 4 heteroatoms. The maximum absolute atomic E-state index is 8.85. The molecule has 2 aromatic carbocycles. The van der Waals surface area contributed by atoms with Gasteiger partial charge in [-0.05, 0) is 36.8 Å². The van der Waals surface area contributed by atoms with Gasteiger partial charge < -0.3 is 20.4 Å². The molecular weight excluding hydrogens is 220 g/mol. The predicted molar refractivity (Wildman–Crippen MR) is 64.3 cm³/mol. The minimum atomic E-state index is -0.0764. The second-order valence-electron chi connectivity index (χ2n) is 3.48. The van der Waals surface area contributed by atoms with Gasteiger partial charge in [-0.15, -0.1) is 0 Å². The number of phenols is 4. The molecule has 2 aromatic rings. The van der Waals surface area contributed by atoms with Crippen LogP contribution >= 0.6 is 0 Å². The summed E-state index contributed by atoms with van der Waals surface area (Å²) >= 11 is 0. The van der Waals surface area contributed by atoms with Crippen molar-refractivity contribution in [1.82, 2.24) is 0 Å². The summed E-state index contributed by atoms with van der Waals surface area (Å²) in [6.45, 7) is 1.85. The zero-order valence-corrected chi connectivity index (χ0v) is 9.33. The first kappa shape index (κ1) is 12.7. The van der Waals surface area contributed by atoms with Crippen LogP contribution < -0.4 is 0 Å². The van der Waals surface area contributed by atoms with E-state index in [-0.39, 0.29) is 23.0 Å². The molecule has 0 radical (unpaired) electrons. The Balaban J connectivity index is 0.000000171. The average Bonchev–Trinajstić information content (AvgIpc) is 2.29. The molecule has 0 aliphatic heterocycles. The van der Waals surface area contributed by atoms with E-state index >= 15 is 0 Å². The number of aromatic hydroxyl groups is 4. The van der Waals surface area contributed by atoms with Gasteiger partial charge in [0.25, 0.3) is 0 Å². The summed E-state index contributed by atoms with van der Waals surface area (Å²) in [6, 6.07) is 10.9. The van der Waals surface area contributed by atoms with Crippen LogP contribution in [0, 0.1) is 6.92 Å². The highest BCUT2D eigenvalue weighted by Crippen LogP contribution is 2.24. The van der Waals surface area contributed by atoms with Gasteiger partial charge in [-0.1, -0.05) is 18.2 Å². The van der Waals surface area contributed by atoms with Gasteiger partial charge in [0.2, 0.25) is 0 Å². The molecule has 0 unspecified atom stereocenters. The van der Waals surface area contributed by atoms with Gasteiger partial charge in [-0.3, -0.25) is 0 Å². The van der Waals surface area contributed by atoms with Gasteiger partial charge >= 0.3 is 0 Å². The van der Waals surface area contributed by atoms with Crippen LogP contribution in [0.15, 0.2) is 42.5 Å². The molecule has 0 saturated heterocycles. The van der Waals surface area contributed by atoms with Crippen molar-refractivity contribution in [3.05, 3.63) is 48.0 Å². The first-order valence-corrected chi connectivity index (χ1v) is 4.96. The van der Waals surface area contributed by atoms with Crippen LogP contribution in [-0.2, 0) is 0 Å². The van der Waals surface area contributed by atoms with Gasteiger partial charge in [0, 0.05) is 0 Å². The Kier molecular flexibility index (Phi) is 4.22. The highest BCUT2D eigenvalue weighted by atomic mass is 16.3. The standard InChI is InChI=1S/C7H8O2.C6H6O2/c1-5-2-3-6(8)7(9)4-5;7-5-3-1-2-4-6(5)8/h2-4,8-9H,1H3;1-4,7-8H. The summed E-state index contributed by atoms with van der Waals surface area (Å²) in [5.41, 5.74) is 0.935. The topological polar surface area (TPSA) is 80.9 Å². The van der Waals surface area contributed by atoms with Crippen LogP contribution in [-0.4, -0.2) is 20.4 Å². The van der Waals surface area contributed by atoms with E-state index in [1.807, 2.05) is 6.92 Å². The fraction of sp³-hybridized carbons (Fsp3) is 0.0769. The summed E-state index contributed by atoms with van der Waals surface area (Å²) in [5.74, 6) is -0.282. The van der Waals surface area contributed by atoms with Gasteiger partial charge in [-0.25, -0.2) is 0 Å². The molecule has 0 spiro atoms. The van der Waals surface area contributed by atoms with Crippen molar-refractivity contribution in [2.75, 3.05) is 0 Å². The van der Waals surface area contributed by atoms with Crippen molar-refractivity contribution < 1.29 is 20.4 Å². The molecule has 0 fully saturated rings. The summed E-state index contributed by atoms with van der Waals surface area (Å²) in [5, 5.41) is 35.0. The van der Waals surface area contributed by atoms with Crippen molar-refractivity contribution in [2.24, 2.45) is 0 Å². The SMILES string of the molecule is Cc1ccc(O)c(O)c1.Oc1ccccc1O. The minimum Gasteiger partial charge on any atom is -0.504 e. The smallest absolute Gasteiger partial charge is 0.157 e. The minimum absolute atomic E-state index is 0.0602. The molecule has 0 bridgehead atoms. The normalized spacial score (nSPS) is 9.24. The molecule has 4 nitrogen and oxygen atoms in total. The van der Waals surface area contributed by atoms with E-state index in [1.165, 1.54) is 24.3 Å². The highest BCUT2D eigenvalue weighted by Gasteiger charge is 1.94. The van der Waals surface area contributed by atoms with Gasteiger partial charge in [0.05, 0.1) is 0 Å². The number of hydrogen-bond acceptors (Lipinski definition) is 4. The summed E-state index contributed by atoms with van der Waals surface area (Å²) in [7, 11) is 0. The lowest BCUT2D eigenvalue weighted by molar-refractivity contribution is 0.403. The predicted octanol–water partition coefficient (Wildman–Crippen LogP) is 2.50. The summed E-state index contributed by atoms with van der Waals surface area (Å²) < 4.78 is 0. The van der Waals surface area contributed by atoms with Gasteiger partial charge in [0.1, 0.15) is 0 Å². The second-order valence-corrected chi connectivity index (χ2v) is 3.48. The number of rotatable bonds is 0. The molecule has 4 N–H and O–H groups in total. The molecule has 0 aliphatic carbocycles. The lowest BCUT2D eigenvalue weighted by Crippen LogP contribution is -1.70. The van der Waals surface area contributed by atoms with Gasteiger partial charge in [-0.2, -0.15) is 0 Å². The molecular formula is C13H14O4. The third-order valence-electron chi connectivity index (χ3n) is 2.01. The van der Waals surface area contributed by atoms with Gasteiger partial charge in [0.15, 0.2) is 23.0 Å². The van der Waals surface area contributed by atoms with Crippen LogP contribution in [0.5, 0.6) is 23.0 Å². The Hall–Kier alpha value is -2.36. The molecule has 0 atom stereocenters. The molecule has 0 amide bonds. The number of para-hydroxylation sites is 2. The number of benzene rings is 2. The molecule has 0 aliphatic rings. The largest absolute Gasteiger partial charge is 0.504 e. The lowest BCUT2D eigenvalue weighted by Gasteiger charge is -1.95. The fourth-order valence-electron chi connectivity index (χ4n) is 1.10. The Morgan fingerprint density at radius 3 is 1.47 bits per heavy atom. The quantitative estimate of drug-likeness (QED) is 0.528. The fourth-order valence-corrected chi connectivity index (χ4v) is 1.10. The van der Waals surface area contributed by atoms with E-state index in [0.29, 0.717) is 0 Å². The van der Waals surface area contributed by atoms with E-state index in [9.17, 15) is 0 Å². The van der Waals surface area contributed by atoms with Crippen molar-refractivity contribution in [3.63, 3.8) is 0 Å². The third-order valence-corrected chi connectivity index (χ3v) is 2.01.